The molecule has 0 spiro atoms. The third kappa shape index (κ3) is 2.94. The van der Waals surface area contributed by atoms with Crippen LogP contribution in [-0.4, -0.2) is 10.1 Å². The minimum absolute atomic E-state index is 0.459. The molecule has 0 atom stereocenters. The predicted octanol–water partition coefficient (Wildman–Crippen LogP) is 3.46. The molecule has 0 amide bonds. The number of nitrogens with zero attached hydrogens (tertiary/aromatic N) is 2. The first-order valence-electron chi connectivity index (χ1n) is 4.96. The van der Waals surface area contributed by atoms with Gasteiger partial charge < -0.3 is 10.3 Å². The fourth-order valence-electron chi connectivity index (χ4n) is 1.28. The van der Waals surface area contributed by atoms with E-state index in [1.54, 1.807) is 0 Å². The molecule has 1 heterocycles. The number of hydrogen-bond acceptors (Lipinski definition) is 4. The Bertz CT molecular complexity index is 526. The van der Waals surface area contributed by atoms with Crippen molar-refractivity contribution in [1.82, 2.24) is 10.1 Å². The van der Waals surface area contributed by atoms with Crippen molar-refractivity contribution in [2.45, 2.75) is 19.4 Å². The molecule has 0 unspecified atom stereocenters. The monoisotopic (exact) mass is 359 g/mol. The van der Waals surface area contributed by atoms with E-state index in [2.05, 4.69) is 42.0 Å². The fraction of sp³-hybridized carbons (Fsp3) is 0.273. The highest BCUT2D eigenvalue weighted by atomic mass is 79.9. The Hall–Kier alpha value is -0.720. The average Bonchev–Trinajstić information content (AvgIpc) is 2.63. The molecular weight excluding hydrogens is 350 g/mol. The number of nitrogens with two attached hydrogens (primary N) is 1. The first-order chi connectivity index (χ1) is 7.86. The number of aromatic nitrogens is 2. The van der Waals surface area contributed by atoms with Gasteiger partial charge in [-0.05, 0) is 32.0 Å². The molecule has 0 fully saturated rings. The Labute approximate surface area is 116 Å². The van der Waals surface area contributed by atoms with Crippen LogP contribution in [0.5, 0.6) is 0 Å². The lowest BCUT2D eigenvalue weighted by Gasteiger charge is -2.11. The van der Waals surface area contributed by atoms with Crippen LogP contribution in [0.1, 0.15) is 19.7 Å². The van der Waals surface area contributed by atoms with E-state index in [0.717, 1.165) is 14.5 Å². The van der Waals surface area contributed by atoms with Crippen LogP contribution in [0, 0.1) is 0 Å². The van der Waals surface area contributed by atoms with Gasteiger partial charge in [0.25, 0.3) is 5.89 Å². The summed E-state index contributed by atoms with van der Waals surface area (Å²) in [7, 11) is 0. The first kappa shape index (κ1) is 12.7. The maximum Gasteiger partial charge on any atom is 0.258 e. The molecule has 2 N–H and O–H groups in total. The standard InChI is InChI=1S/C11H11Br2N3O/c1-11(2,14)10-15-9(17-16-10)6-3-7(12)5-8(13)4-6/h3-5H,14H2,1-2H3. The third-order valence-electron chi connectivity index (χ3n) is 2.11. The highest BCUT2D eigenvalue weighted by molar-refractivity contribution is 9.11. The Balaban J connectivity index is 2.44. The molecule has 0 saturated heterocycles. The van der Waals surface area contributed by atoms with Crippen molar-refractivity contribution in [3.8, 4) is 11.5 Å². The van der Waals surface area contributed by atoms with Gasteiger partial charge in [-0.1, -0.05) is 37.0 Å². The molecule has 17 heavy (non-hydrogen) atoms. The lowest BCUT2D eigenvalue weighted by molar-refractivity contribution is 0.397. The van der Waals surface area contributed by atoms with Crippen molar-refractivity contribution in [3.63, 3.8) is 0 Å². The molecule has 0 aliphatic rings. The van der Waals surface area contributed by atoms with E-state index in [-0.39, 0.29) is 0 Å². The summed E-state index contributed by atoms with van der Waals surface area (Å²) in [6.07, 6.45) is 0. The van der Waals surface area contributed by atoms with Crippen molar-refractivity contribution in [2.75, 3.05) is 0 Å². The lowest BCUT2D eigenvalue weighted by Crippen LogP contribution is -2.30. The second-order valence-corrected chi connectivity index (χ2v) is 6.13. The van der Waals surface area contributed by atoms with Crippen molar-refractivity contribution in [2.24, 2.45) is 5.73 Å². The van der Waals surface area contributed by atoms with Crippen LogP contribution < -0.4 is 5.73 Å². The Morgan fingerprint density at radius 1 is 1.18 bits per heavy atom. The second kappa shape index (κ2) is 4.51. The molecule has 4 nitrogen and oxygen atoms in total. The fourth-order valence-corrected chi connectivity index (χ4v) is 2.57. The van der Waals surface area contributed by atoms with Gasteiger partial charge in [-0.15, -0.1) is 0 Å². The van der Waals surface area contributed by atoms with Crippen molar-refractivity contribution in [1.29, 1.82) is 0 Å². The zero-order valence-corrected chi connectivity index (χ0v) is 12.5. The van der Waals surface area contributed by atoms with Gasteiger partial charge in [0.2, 0.25) is 0 Å². The van der Waals surface area contributed by atoms with E-state index in [0.29, 0.717) is 11.7 Å². The summed E-state index contributed by atoms with van der Waals surface area (Å²) in [4.78, 5) is 4.29. The van der Waals surface area contributed by atoms with Gasteiger partial charge in [0.15, 0.2) is 5.82 Å². The quantitative estimate of drug-likeness (QED) is 0.890. The van der Waals surface area contributed by atoms with E-state index in [9.17, 15) is 0 Å². The molecule has 1 aromatic heterocycles. The van der Waals surface area contributed by atoms with Gasteiger partial charge >= 0.3 is 0 Å². The summed E-state index contributed by atoms with van der Waals surface area (Å²) in [6.45, 7) is 3.66. The normalized spacial score (nSPS) is 11.8. The van der Waals surface area contributed by atoms with E-state index in [4.69, 9.17) is 10.3 Å². The van der Waals surface area contributed by atoms with Gasteiger partial charge in [0.05, 0.1) is 5.54 Å². The Morgan fingerprint density at radius 3 is 2.24 bits per heavy atom. The Kier molecular flexibility index (Phi) is 3.38. The summed E-state index contributed by atoms with van der Waals surface area (Å²) in [5.41, 5.74) is 6.14. The molecule has 0 radical (unpaired) electrons. The summed E-state index contributed by atoms with van der Waals surface area (Å²) in [6, 6.07) is 5.75. The van der Waals surface area contributed by atoms with Crippen molar-refractivity contribution in [3.05, 3.63) is 33.0 Å². The zero-order chi connectivity index (χ0) is 12.6. The maximum absolute atomic E-state index is 5.90. The summed E-state index contributed by atoms with van der Waals surface area (Å²) in [5, 5.41) is 3.88. The average molecular weight is 361 g/mol. The molecule has 2 rings (SSSR count). The molecule has 2 aromatic rings. The number of rotatable bonds is 2. The lowest BCUT2D eigenvalue weighted by atomic mass is 10.1. The molecule has 6 heteroatoms. The summed E-state index contributed by atoms with van der Waals surface area (Å²) >= 11 is 6.82. The van der Waals surface area contributed by atoms with Crippen LogP contribution in [0.25, 0.3) is 11.5 Å². The maximum atomic E-state index is 5.90. The minimum atomic E-state index is -0.606. The molecule has 0 saturated carbocycles. The molecule has 0 aliphatic heterocycles. The molecule has 1 aromatic carbocycles. The van der Waals surface area contributed by atoms with E-state index >= 15 is 0 Å². The highest BCUT2D eigenvalue weighted by Gasteiger charge is 2.22. The van der Waals surface area contributed by atoms with Crippen molar-refractivity contribution >= 4 is 31.9 Å². The number of hydrogen-bond donors (Lipinski definition) is 1. The van der Waals surface area contributed by atoms with E-state index in [1.165, 1.54) is 0 Å². The summed E-state index contributed by atoms with van der Waals surface area (Å²) in [5.74, 6) is 0.948. The van der Waals surface area contributed by atoms with E-state index in [1.807, 2.05) is 32.0 Å². The second-order valence-electron chi connectivity index (χ2n) is 4.30. The third-order valence-corrected chi connectivity index (χ3v) is 3.03. The van der Waals surface area contributed by atoms with Gasteiger partial charge in [-0.2, -0.15) is 4.98 Å². The zero-order valence-electron chi connectivity index (χ0n) is 9.37. The first-order valence-corrected chi connectivity index (χ1v) is 6.54. The minimum Gasteiger partial charge on any atom is -0.334 e. The smallest absolute Gasteiger partial charge is 0.258 e. The van der Waals surface area contributed by atoms with Gasteiger partial charge in [0.1, 0.15) is 0 Å². The Morgan fingerprint density at radius 2 is 1.76 bits per heavy atom. The highest BCUT2D eigenvalue weighted by Crippen LogP contribution is 2.27. The van der Waals surface area contributed by atoms with Crippen LogP contribution in [0.2, 0.25) is 0 Å². The largest absolute Gasteiger partial charge is 0.334 e. The topological polar surface area (TPSA) is 64.9 Å². The number of benzene rings is 1. The molecule has 0 aliphatic carbocycles. The molecule has 0 bridgehead atoms. The van der Waals surface area contributed by atoms with Crippen LogP contribution in [0.15, 0.2) is 31.7 Å². The predicted molar refractivity (Wildman–Crippen MR) is 72.3 cm³/mol. The van der Waals surface area contributed by atoms with Gasteiger partial charge in [0, 0.05) is 14.5 Å². The summed E-state index contributed by atoms with van der Waals surface area (Å²) < 4.78 is 7.08. The van der Waals surface area contributed by atoms with Crippen LogP contribution in [0.4, 0.5) is 0 Å². The van der Waals surface area contributed by atoms with Crippen LogP contribution in [0.3, 0.4) is 0 Å². The van der Waals surface area contributed by atoms with Crippen LogP contribution in [-0.2, 0) is 5.54 Å². The van der Waals surface area contributed by atoms with Gasteiger partial charge in [-0.3, -0.25) is 0 Å². The SMILES string of the molecule is CC(C)(N)c1noc(-c2cc(Br)cc(Br)c2)n1. The van der Waals surface area contributed by atoms with Crippen molar-refractivity contribution < 1.29 is 4.52 Å². The van der Waals surface area contributed by atoms with Gasteiger partial charge in [-0.25, -0.2) is 0 Å². The molecule has 90 valence electrons. The molecular formula is C11H11Br2N3O. The van der Waals surface area contributed by atoms with E-state index < -0.39 is 5.54 Å². The van der Waals surface area contributed by atoms with Crippen LogP contribution >= 0.6 is 31.9 Å². The number of halogens is 2.